The van der Waals surface area contributed by atoms with Gasteiger partial charge >= 0.3 is 0 Å². The summed E-state index contributed by atoms with van der Waals surface area (Å²) in [5.41, 5.74) is 4.41. The quantitative estimate of drug-likeness (QED) is 0.935. The van der Waals surface area contributed by atoms with Gasteiger partial charge in [-0.1, -0.05) is 6.07 Å². The predicted octanol–water partition coefficient (Wildman–Crippen LogP) is 1.81. The molecule has 0 saturated carbocycles. The van der Waals surface area contributed by atoms with E-state index < -0.39 is 6.10 Å². The van der Waals surface area contributed by atoms with Crippen LogP contribution >= 0.6 is 0 Å². The average Bonchev–Trinajstić information content (AvgIpc) is 3.18. The third-order valence-electron chi connectivity index (χ3n) is 4.46. The maximum atomic E-state index is 9.96. The van der Waals surface area contributed by atoms with Crippen LogP contribution in [0.5, 0.6) is 0 Å². The van der Waals surface area contributed by atoms with Gasteiger partial charge in [-0.15, -0.1) is 0 Å². The number of amidine groups is 1. The van der Waals surface area contributed by atoms with Gasteiger partial charge in [-0.2, -0.15) is 5.10 Å². The fourth-order valence-corrected chi connectivity index (χ4v) is 3.19. The number of ether oxygens (including phenoxy) is 1. The molecule has 0 amide bonds. The van der Waals surface area contributed by atoms with E-state index in [4.69, 9.17) is 4.74 Å². The van der Waals surface area contributed by atoms with Crippen molar-refractivity contribution >= 4 is 11.5 Å². The van der Waals surface area contributed by atoms with E-state index in [-0.39, 0.29) is 0 Å². The Morgan fingerprint density at radius 1 is 1.35 bits per heavy atom. The Morgan fingerprint density at radius 3 is 3.13 bits per heavy atom. The summed E-state index contributed by atoms with van der Waals surface area (Å²) in [5, 5.41) is 14.3. The van der Waals surface area contributed by atoms with E-state index >= 15 is 0 Å². The molecular weight excluding hydrogens is 292 g/mol. The average molecular weight is 312 g/mol. The second kappa shape index (κ2) is 5.79. The molecule has 0 radical (unpaired) electrons. The van der Waals surface area contributed by atoms with Crippen LogP contribution in [0.25, 0.3) is 11.1 Å². The SMILES string of the molecule is COCCn1cc(-c2ccc3c(c2)CN2CCC(O)C2=N3)cn1. The van der Waals surface area contributed by atoms with Crippen molar-refractivity contribution in [1.82, 2.24) is 14.7 Å². The lowest BCUT2D eigenvalue weighted by molar-refractivity contribution is 0.183. The van der Waals surface area contributed by atoms with Gasteiger partial charge in [-0.05, 0) is 29.7 Å². The Hall–Kier alpha value is -2.18. The van der Waals surface area contributed by atoms with Crippen LogP contribution in [0, 0.1) is 0 Å². The van der Waals surface area contributed by atoms with Crippen molar-refractivity contribution in [3.63, 3.8) is 0 Å². The third-order valence-corrected chi connectivity index (χ3v) is 4.46. The molecule has 6 heteroatoms. The van der Waals surface area contributed by atoms with E-state index in [9.17, 15) is 5.11 Å². The van der Waals surface area contributed by atoms with Gasteiger partial charge in [0.2, 0.25) is 0 Å². The number of fused-ring (bicyclic) bond motifs is 2. The lowest BCUT2D eigenvalue weighted by atomic mass is 10.0. The molecular formula is C17H20N4O2. The van der Waals surface area contributed by atoms with Crippen LogP contribution < -0.4 is 0 Å². The normalized spacial score (nSPS) is 19.5. The van der Waals surface area contributed by atoms with Gasteiger partial charge in [0.15, 0.2) is 0 Å². The van der Waals surface area contributed by atoms with Gasteiger partial charge in [-0.3, -0.25) is 4.68 Å². The highest BCUT2D eigenvalue weighted by atomic mass is 16.5. The standard InChI is InChI=1S/C17H20N4O2/c1-23-7-6-21-11-14(9-18-21)12-2-3-15-13(8-12)10-20-5-4-16(22)17(20)19-15/h2-3,8-9,11,16,22H,4-7,10H2,1H3. The Bertz CT molecular complexity index is 753. The molecule has 1 atom stereocenters. The summed E-state index contributed by atoms with van der Waals surface area (Å²) in [4.78, 5) is 6.79. The fourth-order valence-electron chi connectivity index (χ4n) is 3.19. The van der Waals surface area contributed by atoms with E-state index in [1.165, 1.54) is 5.56 Å². The number of benzene rings is 1. The van der Waals surface area contributed by atoms with Crippen LogP contribution in [-0.2, 0) is 17.8 Å². The van der Waals surface area contributed by atoms with Crippen molar-refractivity contribution in [2.75, 3.05) is 20.3 Å². The molecule has 1 N–H and O–H groups in total. The van der Waals surface area contributed by atoms with Crippen molar-refractivity contribution in [1.29, 1.82) is 0 Å². The lowest BCUT2D eigenvalue weighted by Gasteiger charge is -2.25. The number of methoxy groups -OCH3 is 1. The van der Waals surface area contributed by atoms with E-state index in [0.29, 0.717) is 6.61 Å². The first kappa shape index (κ1) is 14.4. The van der Waals surface area contributed by atoms with Crippen LogP contribution in [0.4, 0.5) is 5.69 Å². The molecule has 120 valence electrons. The van der Waals surface area contributed by atoms with Gasteiger partial charge in [0.1, 0.15) is 11.9 Å². The zero-order valence-electron chi connectivity index (χ0n) is 13.1. The summed E-state index contributed by atoms with van der Waals surface area (Å²) >= 11 is 0. The minimum absolute atomic E-state index is 0.415. The molecule has 3 heterocycles. The zero-order valence-corrected chi connectivity index (χ0v) is 13.1. The second-order valence-corrected chi connectivity index (χ2v) is 6.02. The molecule has 4 rings (SSSR count). The number of hydrogen-bond donors (Lipinski definition) is 1. The van der Waals surface area contributed by atoms with Crippen molar-refractivity contribution < 1.29 is 9.84 Å². The molecule has 23 heavy (non-hydrogen) atoms. The monoisotopic (exact) mass is 312 g/mol. The maximum absolute atomic E-state index is 9.96. The summed E-state index contributed by atoms with van der Waals surface area (Å²) in [7, 11) is 1.69. The van der Waals surface area contributed by atoms with Gasteiger partial charge < -0.3 is 14.7 Å². The van der Waals surface area contributed by atoms with Crippen molar-refractivity contribution in [2.45, 2.75) is 25.6 Å². The molecule has 2 aromatic rings. The van der Waals surface area contributed by atoms with Crippen molar-refractivity contribution in [3.05, 3.63) is 36.2 Å². The number of hydrogen-bond acceptors (Lipinski definition) is 5. The summed E-state index contributed by atoms with van der Waals surface area (Å²) in [6.45, 7) is 3.09. The number of aliphatic hydroxyl groups is 1. The molecule has 1 unspecified atom stereocenters. The maximum Gasteiger partial charge on any atom is 0.134 e. The van der Waals surface area contributed by atoms with Crippen LogP contribution in [0.15, 0.2) is 35.6 Å². The largest absolute Gasteiger partial charge is 0.385 e. The van der Waals surface area contributed by atoms with Crippen LogP contribution in [0.1, 0.15) is 12.0 Å². The zero-order chi connectivity index (χ0) is 15.8. The van der Waals surface area contributed by atoms with Gasteiger partial charge in [0, 0.05) is 32.0 Å². The molecule has 2 aliphatic rings. The highest BCUT2D eigenvalue weighted by Gasteiger charge is 2.31. The molecule has 1 aromatic carbocycles. The van der Waals surface area contributed by atoms with Gasteiger partial charge in [0.25, 0.3) is 0 Å². The minimum atomic E-state index is -0.415. The summed E-state index contributed by atoms with van der Waals surface area (Å²) < 4.78 is 6.98. The summed E-state index contributed by atoms with van der Waals surface area (Å²) in [6, 6.07) is 6.28. The van der Waals surface area contributed by atoms with E-state index in [0.717, 1.165) is 48.7 Å². The Kier molecular flexibility index (Phi) is 3.63. The van der Waals surface area contributed by atoms with Crippen LogP contribution in [0.3, 0.4) is 0 Å². The Labute approximate surface area is 135 Å². The summed E-state index contributed by atoms with van der Waals surface area (Å²) in [5.74, 6) is 0.817. The van der Waals surface area contributed by atoms with Crippen LogP contribution in [-0.4, -0.2) is 52.0 Å². The molecule has 1 fully saturated rings. The fraction of sp³-hybridized carbons (Fsp3) is 0.412. The molecule has 0 aliphatic carbocycles. The number of aliphatic hydroxyl groups excluding tert-OH is 1. The number of aromatic nitrogens is 2. The molecule has 1 aromatic heterocycles. The molecule has 6 nitrogen and oxygen atoms in total. The first-order valence-electron chi connectivity index (χ1n) is 7.91. The number of aliphatic imine (C=N–C) groups is 1. The third kappa shape index (κ3) is 2.64. The molecule has 0 spiro atoms. The topological polar surface area (TPSA) is 62.9 Å². The summed E-state index contributed by atoms with van der Waals surface area (Å²) in [6.07, 6.45) is 4.28. The lowest BCUT2D eigenvalue weighted by Crippen LogP contribution is -2.31. The van der Waals surface area contributed by atoms with E-state index in [2.05, 4.69) is 27.1 Å². The highest BCUT2D eigenvalue weighted by Crippen LogP contribution is 2.33. The highest BCUT2D eigenvalue weighted by molar-refractivity contribution is 5.92. The first-order chi connectivity index (χ1) is 11.2. The predicted molar refractivity (Wildman–Crippen MR) is 87.7 cm³/mol. The van der Waals surface area contributed by atoms with Gasteiger partial charge in [-0.25, -0.2) is 4.99 Å². The molecule has 0 bridgehead atoms. The Morgan fingerprint density at radius 2 is 2.26 bits per heavy atom. The van der Waals surface area contributed by atoms with Gasteiger partial charge in [0.05, 0.1) is 25.0 Å². The Balaban J connectivity index is 1.61. The number of rotatable bonds is 4. The van der Waals surface area contributed by atoms with Crippen molar-refractivity contribution in [2.24, 2.45) is 4.99 Å². The minimum Gasteiger partial charge on any atom is -0.385 e. The molecule has 2 aliphatic heterocycles. The number of nitrogens with zero attached hydrogens (tertiary/aromatic N) is 4. The van der Waals surface area contributed by atoms with Crippen LogP contribution in [0.2, 0.25) is 0 Å². The van der Waals surface area contributed by atoms with E-state index in [1.54, 1.807) is 7.11 Å². The molecule has 1 saturated heterocycles. The van der Waals surface area contributed by atoms with E-state index in [1.807, 2.05) is 23.1 Å². The van der Waals surface area contributed by atoms with Crippen molar-refractivity contribution in [3.8, 4) is 11.1 Å². The second-order valence-electron chi connectivity index (χ2n) is 6.02. The smallest absolute Gasteiger partial charge is 0.134 e. The first-order valence-corrected chi connectivity index (χ1v) is 7.91.